The highest BCUT2D eigenvalue weighted by atomic mass is 16.5. The maximum atomic E-state index is 11.4. The number of carbonyl (C=O) groups is 1. The number of hydrogen-bond donors (Lipinski definition) is 4. The van der Waals surface area contributed by atoms with Crippen LogP contribution in [0.2, 0.25) is 0 Å². The molecule has 1 fully saturated rings. The van der Waals surface area contributed by atoms with Gasteiger partial charge in [-0.05, 0) is 26.2 Å². The van der Waals surface area contributed by atoms with Crippen molar-refractivity contribution in [3.63, 3.8) is 0 Å². The van der Waals surface area contributed by atoms with Gasteiger partial charge in [-0.15, -0.1) is 0 Å². The first-order chi connectivity index (χ1) is 9.26. The summed E-state index contributed by atoms with van der Waals surface area (Å²) in [6.07, 6.45) is 3.49. The van der Waals surface area contributed by atoms with Crippen LogP contribution in [-0.4, -0.2) is 44.2 Å². The number of hydrogen-bond acceptors (Lipinski definition) is 4. The SMILES string of the molecule is CCOCCCN=C(NN)NCCC(=O)NC1CC1. The Morgan fingerprint density at radius 1 is 1.47 bits per heavy atom. The Morgan fingerprint density at radius 2 is 2.26 bits per heavy atom. The quantitative estimate of drug-likeness (QED) is 0.149. The molecule has 7 heteroatoms. The van der Waals surface area contributed by atoms with E-state index in [4.69, 9.17) is 10.6 Å². The van der Waals surface area contributed by atoms with Gasteiger partial charge in [-0.25, -0.2) is 5.84 Å². The van der Waals surface area contributed by atoms with E-state index in [1.165, 1.54) is 0 Å². The van der Waals surface area contributed by atoms with Crippen molar-refractivity contribution in [1.82, 2.24) is 16.1 Å². The molecule has 0 aliphatic heterocycles. The zero-order chi connectivity index (χ0) is 13.9. The van der Waals surface area contributed by atoms with E-state index in [2.05, 4.69) is 21.1 Å². The first kappa shape index (κ1) is 15.7. The lowest BCUT2D eigenvalue weighted by Gasteiger charge is -2.09. The Kier molecular flexibility index (Phi) is 7.92. The maximum Gasteiger partial charge on any atom is 0.221 e. The lowest BCUT2D eigenvalue weighted by atomic mass is 10.4. The van der Waals surface area contributed by atoms with Crippen LogP contribution in [0.15, 0.2) is 4.99 Å². The molecule has 1 aliphatic carbocycles. The number of nitrogens with two attached hydrogens (primary N) is 1. The number of carbonyl (C=O) groups excluding carboxylic acids is 1. The van der Waals surface area contributed by atoms with E-state index < -0.39 is 0 Å². The fraction of sp³-hybridized carbons (Fsp3) is 0.833. The fourth-order valence-electron chi connectivity index (χ4n) is 1.48. The minimum atomic E-state index is 0.0720. The summed E-state index contributed by atoms with van der Waals surface area (Å²) in [5, 5.41) is 5.92. The highest BCUT2D eigenvalue weighted by Crippen LogP contribution is 2.18. The minimum absolute atomic E-state index is 0.0720. The van der Waals surface area contributed by atoms with Crippen LogP contribution in [0.25, 0.3) is 0 Å². The third-order valence-electron chi connectivity index (χ3n) is 2.64. The molecule has 1 amide bonds. The number of hydrazine groups is 1. The van der Waals surface area contributed by atoms with Gasteiger partial charge < -0.3 is 15.4 Å². The van der Waals surface area contributed by atoms with Crippen molar-refractivity contribution in [1.29, 1.82) is 0 Å². The summed E-state index contributed by atoms with van der Waals surface area (Å²) in [6.45, 7) is 4.54. The predicted octanol–water partition coefficient (Wildman–Crippen LogP) is -0.509. The molecule has 110 valence electrons. The third-order valence-corrected chi connectivity index (χ3v) is 2.64. The van der Waals surface area contributed by atoms with Gasteiger partial charge in [-0.3, -0.25) is 15.2 Å². The van der Waals surface area contributed by atoms with Crippen molar-refractivity contribution in [2.24, 2.45) is 10.8 Å². The molecule has 7 nitrogen and oxygen atoms in total. The molecule has 1 rings (SSSR count). The molecule has 0 spiro atoms. The smallest absolute Gasteiger partial charge is 0.221 e. The van der Waals surface area contributed by atoms with Gasteiger partial charge in [0.1, 0.15) is 0 Å². The second kappa shape index (κ2) is 9.57. The average molecular weight is 271 g/mol. The molecule has 0 unspecified atom stereocenters. The molecule has 0 bridgehead atoms. The van der Waals surface area contributed by atoms with Gasteiger partial charge in [0.15, 0.2) is 0 Å². The van der Waals surface area contributed by atoms with Crippen molar-refractivity contribution >= 4 is 11.9 Å². The van der Waals surface area contributed by atoms with Gasteiger partial charge in [-0.2, -0.15) is 0 Å². The summed E-state index contributed by atoms with van der Waals surface area (Å²) in [4.78, 5) is 15.7. The largest absolute Gasteiger partial charge is 0.382 e. The number of nitrogens with one attached hydrogen (secondary N) is 3. The zero-order valence-electron chi connectivity index (χ0n) is 11.6. The zero-order valence-corrected chi connectivity index (χ0v) is 11.6. The first-order valence-electron chi connectivity index (χ1n) is 6.88. The van der Waals surface area contributed by atoms with E-state index in [0.29, 0.717) is 38.1 Å². The van der Waals surface area contributed by atoms with E-state index in [9.17, 15) is 4.79 Å². The summed E-state index contributed by atoms with van der Waals surface area (Å²) in [5.74, 6) is 5.93. The van der Waals surface area contributed by atoms with Crippen LogP contribution in [0, 0.1) is 0 Å². The number of nitrogens with zero attached hydrogens (tertiary/aromatic N) is 1. The van der Waals surface area contributed by atoms with Crippen LogP contribution in [0.4, 0.5) is 0 Å². The fourth-order valence-corrected chi connectivity index (χ4v) is 1.48. The third kappa shape index (κ3) is 8.39. The molecular weight excluding hydrogens is 246 g/mol. The summed E-state index contributed by atoms with van der Waals surface area (Å²) in [6, 6.07) is 0.409. The van der Waals surface area contributed by atoms with E-state index in [0.717, 1.165) is 25.9 Å². The molecule has 0 heterocycles. The van der Waals surface area contributed by atoms with Crippen LogP contribution in [0.3, 0.4) is 0 Å². The van der Waals surface area contributed by atoms with Crippen LogP contribution in [-0.2, 0) is 9.53 Å². The monoisotopic (exact) mass is 271 g/mol. The number of ether oxygens (including phenoxy) is 1. The molecule has 1 aliphatic rings. The van der Waals surface area contributed by atoms with Gasteiger partial charge in [0.25, 0.3) is 0 Å². The van der Waals surface area contributed by atoms with E-state index >= 15 is 0 Å². The van der Waals surface area contributed by atoms with Gasteiger partial charge in [0.05, 0.1) is 0 Å². The Hall–Kier alpha value is -1.34. The number of guanidine groups is 1. The molecule has 5 N–H and O–H groups in total. The Morgan fingerprint density at radius 3 is 2.89 bits per heavy atom. The second-order valence-electron chi connectivity index (χ2n) is 4.44. The maximum absolute atomic E-state index is 11.4. The summed E-state index contributed by atoms with van der Waals surface area (Å²) in [7, 11) is 0. The van der Waals surface area contributed by atoms with E-state index in [1.807, 2.05) is 6.92 Å². The highest BCUT2D eigenvalue weighted by molar-refractivity contribution is 5.81. The van der Waals surface area contributed by atoms with Gasteiger partial charge in [0, 0.05) is 38.8 Å². The Bertz CT molecular complexity index is 292. The Balaban J connectivity index is 2.05. The van der Waals surface area contributed by atoms with E-state index in [1.54, 1.807) is 0 Å². The molecule has 0 aromatic heterocycles. The lowest BCUT2D eigenvalue weighted by Crippen LogP contribution is -2.43. The number of aliphatic imine (C=N–C) groups is 1. The first-order valence-corrected chi connectivity index (χ1v) is 6.88. The van der Waals surface area contributed by atoms with Crippen molar-refractivity contribution in [2.75, 3.05) is 26.3 Å². The van der Waals surface area contributed by atoms with Gasteiger partial charge in [0.2, 0.25) is 11.9 Å². The van der Waals surface area contributed by atoms with Crippen LogP contribution >= 0.6 is 0 Å². The standard InChI is InChI=1S/C12H25N5O2/c1-2-19-9-3-7-14-12(17-13)15-8-6-11(18)16-10-4-5-10/h10H,2-9,13H2,1H3,(H,16,18)(H2,14,15,17). The molecule has 0 radical (unpaired) electrons. The van der Waals surface area contributed by atoms with Crippen molar-refractivity contribution < 1.29 is 9.53 Å². The molecule has 0 saturated heterocycles. The van der Waals surface area contributed by atoms with Crippen LogP contribution in [0.1, 0.15) is 32.6 Å². The summed E-state index contributed by atoms with van der Waals surface area (Å²) in [5.41, 5.74) is 2.49. The van der Waals surface area contributed by atoms with Crippen molar-refractivity contribution in [3.05, 3.63) is 0 Å². The minimum Gasteiger partial charge on any atom is -0.382 e. The van der Waals surface area contributed by atoms with Gasteiger partial charge in [-0.1, -0.05) is 0 Å². The normalized spacial score (nSPS) is 15.2. The summed E-state index contributed by atoms with van der Waals surface area (Å²) >= 11 is 0. The molecule has 19 heavy (non-hydrogen) atoms. The van der Waals surface area contributed by atoms with Crippen molar-refractivity contribution in [3.8, 4) is 0 Å². The van der Waals surface area contributed by atoms with Crippen LogP contribution in [0.5, 0.6) is 0 Å². The topological polar surface area (TPSA) is 101 Å². The number of rotatable bonds is 9. The van der Waals surface area contributed by atoms with E-state index in [-0.39, 0.29) is 5.91 Å². The predicted molar refractivity (Wildman–Crippen MR) is 74.5 cm³/mol. The molecule has 0 aromatic rings. The molecular formula is C12H25N5O2. The van der Waals surface area contributed by atoms with Crippen LogP contribution < -0.4 is 21.9 Å². The lowest BCUT2D eigenvalue weighted by molar-refractivity contribution is -0.121. The molecule has 0 aromatic carbocycles. The number of amides is 1. The average Bonchev–Trinajstić information content (AvgIpc) is 3.20. The Labute approximate surface area is 114 Å². The van der Waals surface area contributed by atoms with Gasteiger partial charge >= 0.3 is 0 Å². The molecule has 0 atom stereocenters. The second-order valence-corrected chi connectivity index (χ2v) is 4.44. The molecule has 1 saturated carbocycles. The summed E-state index contributed by atoms with van der Waals surface area (Å²) < 4.78 is 5.21. The van der Waals surface area contributed by atoms with Crippen molar-refractivity contribution in [2.45, 2.75) is 38.6 Å². The highest BCUT2D eigenvalue weighted by Gasteiger charge is 2.22.